The monoisotopic (exact) mass is 432 g/mol. The normalized spacial score (nSPS) is 14.1. The summed E-state index contributed by atoms with van der Waals surface area (Å²) in [7, 11) is -4.17. The topological polar surface area (TPSA) is 89.3 Å². The lowest BCUT2D eigenvalue weighted by atomic mass is 10.0. The molecule has 1 aromatic carbocycles. The minimum Gasteiger partial charge on any atom is -0.346 e. The van der Waals surface area contributed by atoms with Crippen molar-refractivity contribution >= 4 is 15.9 Å². The van der Waals surface area contributed by atoms with Gasteiger partial charge in [-0.25, -0.2) is 13.6 Å². The third-order valence-corrected chi connectivity index (χ3v) is 4.05. The number of nitrogens with one attached hydrogen (secondary N) is 1. The van der Waals surface area contributed by atoms with Gasteiger partial charge in [0.05, 0.1) is 11.4 Å². The van der Waals surface area contributed by atoms with Gasteiger partial charge in [0, 0.05) is 5.56 Å². The number of primary sulfonamides is 1. The molecule has 0 radical (unpaired) electrons. The molecule has 27 heavy (non-hydrogen) atoms. The van der Waals surface area contributed by atoms with Gasteiger partial charge in [-0.3, -0.25) is 4.79 Å². The Morgan fingerprint density at radius 3 is 1.70 bits per heavy atom. The van der Waals surface area contributed by atoms with Crippen molar-refractivity contribution in [2.75, 3.05) is 6.54 Å². The first-order valence-corrected chi connectivity index (χ1v) is 8.00. The second-order valence-corrected chi connectivity index (χ2v) is 6.66. The number of carbonyl (C=O) groups excluding carboxylic acids is 1. The van der Waals surface area contributed by atoms with Gasteiger partial charge >= 0.3 is 23.9 Å². The maximum Gasteiger partial charge on any atom is 0.460 e. The Labute approximate surface area is 145 Å². The maximum absolute atomic E-state index is 13.3. The summed E-state index contributed by atoms with van der Waals surface area (Å²) in [6, 6.07) is 2.93. The molecule has 1 rings (SSSR count). The average Bonchev–Trinajstić information content (AvgIpc) is 2.50. The number of alkyl halides is 9. The predicted molar refractivity (Wildman–Crippen MR) is 71.0 cm³/mol. The Kier molecular flexibility index (Phi) is 5.84. The molecular formula is C12H9F9N2O3S. The molecular weight excluding hydrogens is 423 g/mol. The van der Waals surface area contributed by atoms with E-state index in [1.807, 2.05) is 0 Å². The van der Waals surface area contributed by atoms with E-state index in [4.69, 9.17) is 5.14 Å². The molecule has 0 aliphatic heterocycles. The molecule has 0 saturated heterocycles. The van der Waals surface area contributed by atoms with Crippen molar-refractivity contribution in [3.63, 3.8) is 0 Å². The number of halogens is 9. The molecule has 0 aliphatic carbocycles. The molecule has 0 fully saturated rings. The first kappa shape index (κ1) is 23.0. The van der Waals surface area contributed by atoms with Crippen LogP contribution in [0.2, 0.25) is 0 Å². The molecule has 0 saturated carbocycles. The van der Waals surface area contributed by atoms with E-state index in [1.165, 1.54) is 0 Å². The van der Waals surface area contributed by atoms with Crippen LogP contribution in [0, 0.1) is 0 Å². The van der Waals surface area contributed by atoms with Gasteiger partial charge in [-0.2, -0.15) is 39.5 Å². The highest BCUT2D eigenvalue weighted by Gasteiger charge is 2.81. The van der Waals surface area contributed by atoms with Crippen molar-refractivity contribution in [3.8, 4) is 0 Å². The van der Waals surface area contributed by atoms with Gasteiger partial charge in [-0.1, -0.05) is 0 Å². The van der Waals surface area contributed by atoms with Crippen LogP contribution in [0.3, 0.4) is 0 Å². The van der Waals surface area contributed by atoms with E-state index in [0.717, 1.165) is 29.6 Å². The van der Waals surface area contributed by atoms with Gasteiger partial charge in [0.15, 0.2) is 0 Å². The molecule has 0 bridgehead atoms. The van der Waals surface area contributed by atoms with Crippen molar-refractivity contribution in [3.05, 3.63) is 29.8 Å². The van der Waals surface area contributed by atoms with Crippen LogP contribution < -0.4 is 10.5 Å². The number of hydrogen-bond acceptors (Lipinski definition) is 3. The Balaban J connectivity index is 2.97. The van der Waals surface area contributed by atoms with Crippen LogP contribution in [0.15, 0.2) is 29.2 Å². The van der Waals surface area contributed by atoms with Crippen LogP contribution in [0.1, 0.15) is 10.4 Å². The minimum absolute atomic E-state index is 0.499. The van der Waals surface area contributed by atoms with Crippen molar-refractivity contribution < 1.29 is 52.7 Å². The zero-order chi connectivity index (χ0) is 21.5. The molecule has 0 spiro atoms. The summed E-state index contributed by atoms with van der Waals surface area (Å²) >= 11 is 0. The number of amides is 1. The highest BCUT2D eigenvalue weighted by atomic mass is 32.2. The summed E-state index contributed by atoms with van der Waals surface area (Å²) in [6.45, 7) is -2.55. The molecule has 15 heteroatoms. The van der Waals surface area contributed by atoms with Gasteiger partial charge in [0.25, 0.3) is 5.91 Å². The Morgan fingerprint density at radius 2 is 1.33 bits per heavy atom. The predicted octanol–water partition coefficient (Wildman–Crippen LogP) is 2.53. The minimum atomic E-state index is -7.06. The smallest absolute Gasteiger partial charge is 0.346 e. The molecule has 0 heterocycles. The van der Waals surface area contributed by atoms with E-state index in [2.05, 4.69) is 0 Å². The molecule has 1 amide bonds. The quantitative estimate of drug-likeness (QED) is 0.678. The first-order valence-electron chi connectivity index (χ1n) is 6.46. The van der Waals surface area contributed by atoms with Crippen molar-refractivity contribution in [2.24, 2.45) is 5.14 Å². The molecule has 0 unspecified atom stereocenters. The second kappa shape index (κ2) is 6.85. The lowest BCUT2D eigenvalue weighted by Crippen LogP contribution is -2.63. The fraction of sp³-hybridized carbons (Fsp3) is 0.417. The van der Waals surface area contributed by atoms with Crippen LogP contribution >= 0.6 is 0 Å². The zero-order valence-electron chi connectivity index (χ0n) is 12.6. The van der Waals surface area contributed by atoms with E-state index in [0.29, 0.717) is 0 Å². The summed E-state index contributed by atoms with van der Waals surface area (Å²) in [4.78, 5) is 11.0. The number of sulfonamides is 1. The molecule has 0 atom stereocenters. The molecule has 3 N–H and O–H groups in total. The third kappa shape index (κ3) is 4.45. The van der Waals surface area contributed by atoms with Gasteiger partial charge in [-0.05, 0) is 24.3 Å². The summed E-state index contributed by atoms with van der Waals surface area (Å²) < 4.78 is 136. The third-order valence-electron chi connectivity index (χ3n) is 3.13. The molecule has 1 aromatic rings. The van der Waals surface area contributed by atoms with Crippen molar-refractivity contribution in [2.45, 2.75) is 28.8 Å². The summed E-state index contributed by atoms with van der Waals surface area (Å²) in [6.07, 6.45) is -6.96. The maximum atomic E-state index is 13.3. The Bertz CT molecular complexity index is 804. The summed E-state index contributed by atoms with van der Waals surface area (Å²) in [5.74, 6) is -21.5. The summed E-state index contributed by atoms with van der Waals surface area (Å²) in [5, 5.41) is 5.83. The summed E-state index contributed by atoms with van der Waals surface area (Å²) in [5.41, 5.74) is -0.580. The Hall–Kier alpha value is -2.03. The highest BCUT2D eigenvalue weighted by molar-refractivity contribution is 7.89. The van der Waals surface area contributed by atoms with E-state index in [1.54, 1.807) is 0 Å². The molecule has 154 valence electrons. The van der Waals surface area contributed by atoms with Crippen molar-refractivity contribution in [1.82, 2.24) is 5.32 Å². The van der Waals surface area contributed by atoms with Crippen LogP contribution in [-0.2, 0) is 10.0 Å². The van der Waals surface area contributed by atoms with Crippen LogP contribution in [0.5, 0.6) is 0 Å². The lowest BCUT2D eigenvalue weighted by molar-refractivity contribution is -0.394. The Morgan fingerprint density at radius 1 is 0.889 bits per heavy atom. The number of rotatable bonds is 6. The van der Waals surface area contributed by atoms with Crippen LogP contribution in [-0.4, -0.2) is 44.8 Å². The van der Waals surface area contributed by atoms with E-state index in [9.17, 15) is 52.7 Å². The standard InChI is InChI=1S/C12H9F9N2O3S/c13-9(14,10(15,16)11(17,18)12(19,20)21)5-23-8(24)6-1-3-7(4-2-6)27(22,25)26/h1-4H,5H2,(H,23,24)(H2,22,25,26). The largest absolute Gasteiger partial charge is 0.460 e. The highest BCUT2D eigenvalue weighted by Crippen LogP contribution is 2.52. The molecule has 5 nitrogen and oxygen atoms in total. The van der Waals surface area contributed by atoms with E-state index >= 15 is 0 Å². The van der Waals surface area contributed by atoms with E-state index in [-0.39, 0.29) is 0 Å². The van der Waals surface area contributed by atoms with Crippen LogP contribution in [0.4, 0.5) is 39.5 Å². The average molecular weight is 432 g/mol. The first-order chi connectivity index (χ1) is 11.8. The van der Waals surface area contributed by atoms with Gasteiger partial charge in [0.2, 0.25) is 10.0 Å². The molecule has 0 aliphatic rings. The zero-order valence-corrected chi connectivity index (χ0v) is 13.4. The van der Waals surface area contributed by atoms with Gasteiger partial charge < -0.3 is 5.32 Å². The van der Waals surface area contributed by atoms with Gasteiger partial charge in [0.1, 0.15) is 0 Å². The van der Waals surface area contributed by atoms with E-state index < -0.39 is 56.9 Å². The van der Waals surface area contributed by atoms with Crippen molar-refractivity contribution in [1.29, 1.82) is 0 Å². The number of nitrogens with two attached hydrogens (primary N) is 1. The number of benzene rings is 1. The SMILES string of the molecule is NS(=O)(=O)c1ccc(C(=O)NCC(F)(F)C(F)(F)C(F)(F)C(F)(F)F)cc1. The fourth-order valence-corrected chi connectivity index (χ4v) is 2.12. The van der Waals surface area contributed by atoms with Crippen LogP contribution in [0.25, 0.3) is 0 Å². The van der Waals surface area contributed by atoms with Gasteiger partial charge in [-0.15, -0.1) is 0 Å². The fourth-order valence-electron chi connectivity index (χ4n) is 1.61. The number of carbonyl (C=O) groups is 1. The lowest BCUT2D eigenvalue weighted by Gasteiger charge is -2.33. The molecule has 0 aromatic heterocycles. The number of hydrogen-bond donors (Lipinski definition) is 2. The second-order valence-electron chi connectivity index (χ2n) is 5.10.